The van der Waals surface area contributed by atoms with Crippen LogP contribution in [0.2, 0.25) is 5.15 Å². The smallest absolute Gasteiger partial charge is 0.407 e. The standard InChI is InChI=1S/C15H22ClN3O2/c1-14(2,3)21-13(20)19-10-15(6-7-15)9-18-11-4-5-12(16)17-8-11/h4-5,8,18H,6-7,9-10H2,1-3H3,(H,19,20). The number of alkyl carbamates (subject to hydrolysis) is 1. The van der Waals surface area contributed by atoms with Crippen molar-refractivity contribution >= 4 is 23.4 Å². The van der Waals surface area contributed by atoms with Crippen LogP contribution in [0.25, 0.3) is 0 Å². The van der Waals surface area contributed by atoms with Crippen LogP contribution in [-0.4, -0.2) is 29.8 Å². The number of anilines is 1. The fourth-order valence-electron chi connectivity index (χ4n) is 1.94. The monoisotopic (exact) mass is 311 g/mol. The van der Waals surface area contributed by atoms with Crippen molar-refractivity contribution < 1.29 is 9.53 Å². The van der Waals surface area contributed by atoms with E-state index in [1.165, 1.54) is 0 Å². The molecular formula is C15H22ClN3O2. The highest BCUT2D eigenvalue weighted by atomic mass is 35.5. The van der Waals surface area contributed by atoms with Crippen molar-refractivity contribution in [2.75, 3.05) is 18.4 Å². The van der Waals surface area contributed by atoms with E-state index in [1.54, 1.807) is 12.3 Å². The van der Waals surface area contributed by atoms with Crippen LogP contribution in [0.5, 0.6) is 0 Å². The van der Waals surface area contributed by atoms with E-state index in [2.05, 4.69) is 15.6 Å². The fraction of sp³-hybridized carbons (Fsp3) is 0.600. The van der Waals surface area contributed by atoms with Crippen LogP contribution in [0.15, 0.2) is 18.3 Å². The molecule has 2 N–H and O–H groups in total. The molecule has 2 rings (SSSR count). The van der Waals surface area contributed by atoms with Gasteiger partial charge in [-0.2, -0.15) is 0 Å². The molecule has 1 aromatic rings. The molecule has 1 aliphatic carbocycles. The van der Waals surface area contributed by atoms with E-state index in [0.717, 1.165) is 25.1 Å². The molecule has 0 aliphatic heterocycles. The molecule has 5 nitrogen and oxygen atoms in total. The summed E-state index contributed by atoms with van der Waals surface area (Å²) in [6, 6.07) is 3.65. The number of carbonyl (C=O) groups is 1. The second kappa shape index (κ2) is 6.10. The summed E-state index contributed by atoms with van der Waals surface area (Å²) < 4.78 is 5.24. The summed E-state index contributed by atoms with van der Waals surface area (Å²) in [5.41, 5.74) is 0.591. The van der Waals surface area contributed by atoms with Gasteiger partial charge in [-0.15, -0.1) is 0 Å². The van der Waals surface area contributed by atoms with Crippen LogP contribution in [0.1, 0.15) is 33.6 Å². The Morgan fingerprint density at radius 3 is 2.62 bits per heavy atom. The van der Waals surface area contributed by atoms with Gasteiger partial charge >= 0.3 is 6.09 Å². The lowest BCUT2D eigenvalue weighted by molar-refractivity contribution is 0.0517. The minimum Gasteiger partial charge on any atom is -0.444 e. The minimum absolute atomic E-state index is 0.122. The maximum Gasteiger partial charge on any atom is 0.407 e. The van der Waals surface area contributed by atoms with E-state index in [-0.39, 0.29) is 11.5 Å². The molecule has 0 aromatic carbocycles. The second-order valence-electron chi connectivity index (χ2n) is 6.58. The number of nitrogens with one attached hydrogen (secondary N) is 2. The van der Waals surface area contributed by atoms with Gasteiger partial charge in [-0.1, -0.05) is 11.6 Å². The molecule has 21 heavy (non-hydrogen) atoms. The van der Waals surface area contributed by atoms with Crippen LogP contribution in [0, 0.1) is 5.41 Å². The topological polar surface area (TPSA) is 63.2 Å². The van der Waals surface area contributed by atoms with Gasteiger partial charge in [0.05, 0.1) is 11.9 Å². The molecule has 0 bridgehead atoms. The van der Waals surface area contributed by atoms with Crippen molar-refractivity contribution in [1.82, 2.24) is 10.3 Å². The molecule has 1 heterocycles. The first-order valence-electron chi connectivity index (χ1n) is 7.10. The Hall–Kier alpha value is -1.49. The molecule has 0 unspecified atom stereocenters. The van der Waals surface area contributed by atoms with Crippen LogP contribution in [0.3, 0.4) is 0 Å². The Morgan fingerprint density at radius 1 is 1.38 bits per heavy atom. The molecule has 0 radical (unpaired) electrons. The summed E-state index contributed by atoms with van der Waals surface area (Å²) in [4.78, 5) is 15.7. The summed E-state index contributed by atoms with van der Waals surface area (Å²) in [6.45, 7) is 6.99. The minimum atomic E-state index is -0.464. The average molecular weight is 312 g/mol. The lowest BCUT2D eigenvalue weighted by Crippen LogP contribution is -2.37. The van der Waals surface area contributed by atoms with E-state index < -0.39 is 5.60 Å². The number of amides is 1. The van der Waals surface area contributed by atoms with Gasteiger partial charge < -0.3 is 15.4 Å². The summed E-state index contributed by atoms with van der Waals surface area (Å²) in [5.74, 6) is 0. The summed E-state index contributed by atoms with van der Waals surface area (Å²) in [5, 5.41) is 6.66. The van der Waals surface area contributed by atoms with Crippen molar-refractivity contribution in [2.24, 2.45) is 5.41 Å². The number of hydrogen-bond donors (Lipinski definition) is 2. The Labute approximate surface area is 130 Å². The van der Waals surface area contributed by atoms with Gasteiger partial charge in [-0.3, -0.25) is 0 Å². The highest BCUT2D eigenvalue weighted by Crippen LogP contribution is 2.45. The first-order chi connectivity index (χ1) is 9.78. The van der Waals surface area contributed by atoms with E-state index in [4.69, 9.17) is 16.3 Å². The van der Waals surface area contributed by atoms with Gasteiger partial charge in [-0.25, -0.2) is 9.78 Å². The normalized spacial score (nSPS) is 16.2. The molecule has 0 spiro atoms. The van der Waals surface area contributed by atoms with Crippen LogP contribution in [-0.2, 0) is 4.74 Å². The number of pyridine rings is 1. The third-order valence-electron chi connectivity index (χ3n) is 3.36. The van der Waals surface area contributed by atoms with Gasteiger partial charge in [0.15, 0.2) is 0 Å². The number of carbonyl (C=O) groups excluding carboxylic acids is 1. The first-order valence-corrected chi connectivity index (χ1v) is 7.48. The Morgan fingerprint density at radius 2 is 2.10 bits per heavy atom. The van der Waals surface area contributed by atoms with Crippen molar-refractivity contribution in [3.05, 3.63) is 23.5 Å². The van der Waals surface area contributed by atoms with Crippen molar-refractivity contribution in [3.8, 4) is 0 Å². The molecule has 1 aliphatic rings. The number of ether oxygens (including phenoxy) is 1. The fourth-order valence-corrected chi connectivity index (χ4v) is 2.05. The molecule has 116 valence electrons. The number of hydrogen-bond acceptors (Lipinski definition) is 4. The van der Waals surface area contributed by atoms with Crippen LogP contribution >= 0.6 is 11.6 Å². The quantitative estimate of drug-likeness (QED) is 0.818. The van der Waals surface area contributed by atoms with Gasteiger partial charge in [0.25, 0.3) is 0 Å². The molecule has 1 fully saturated rings. The molecule has 6 heteroatoms. The Kier molecular flexibility index (Phi) is 4.61. The van der Waals surface area contributed by atoms with E-state index in [9.17, 15) is 4.79 Å². The summed E-state index contributed by atoms with van der Waals surface area (Å²) >= 11 is 5.75. The Balaban J connectivity index is 1.75. The molecule has 1 saturated carbocycles. The average Bonchev–Trinajstić information content (AvgIpc) is 3.15. The lowest BCUT2D eigenvalue weighted by atomic mass is 10.1. The number of nitrogens with zero attached hydrogens (tertiary/aromatic N) is 1. The highest BCUT2D eigenvalue weighted by molar-refractivity contribution is 6.29. The zero-order chi connectivity index (χ0) is 15.5. The van der Waals surface area contributed by atoms with E-state index in [1.807, 2.05) is 26.8 Å². The zero-order valence-electron chi connectivity index (χ0n) is 12.7. The van der Waals surface area contributed by atoms with Gasteiger partial charge in [-0.05, 0) is 45.7 Å². The summed E-state index contributed by atoms with van der Waals surface area (Å²) in [6.07, 6.45) is 3.54. The molecular weight excluding hydrogens is 290 g/mol. The number of aromatic nitrogens is 1. The van der Waals surface area contributed by atoms with Gasteiger partial charge in [0.2, 0.25) is 0 Å². The second-order valence-corrected chi connectivity index (χ2v) is 6.97. The molecule has 0 atom stereocenters. The zero-order valence-corrected chi connectivity index (χ0v) is 13.5. The van der Waals surface area contributed by atoms with Gasteiger partial charge in [0.1, 0.15) is 10.8 Å². The van der Waals surface area contributed by atoms with Crippen molar-refractivity contribution in [1.29, 1.82) is 0 Å². The van der Waals surface area contributed by atoms with Crippen molar-refractivity contribution in [2.45, 2.75) is 39.2 Å². The molecule has 0 saturated heterocycles. The largest absolute Gasteiger partial charge is 0.444 e. The van der Waals surface area contributed by atoms with Crippen LogP contribution in [0.4, 0.5) is 10.5 Å². The third-order valence-corrected chi connectivity index (χ3v) is 3.58. The molecule has 1 amide bonds. The predicted molar refractivity (Wildman–Crippen MR) is 83.6 cm³/mol. The maximum atomic E-state index is 11.7. The van der Waals surface area contributed by atoms with E-state index in [0.29, 0.717) is 11.7 Å². The van der Waals surface area contributed by atoms with Crippen molar-refractivity contribution in [3.63, 3.8) is 0 Å². The van der Waals surface area contributed by atoms with Crippen LogP contribution < -0.4 is 10.6 Å². The lowest BCUT2D eigenvalue weighted by Gasteiger charge is -2.22. The predicted octanol–water partition coefficient (Wildman–Crippen LogP) is 3.45. The van der Waals surface area contributed by atoms with E-state index >= 15 is 0 Å². The maximum absolute atomic E-state index is 11.7. The number of halogens is 1. The highest BCUT2D eigenvalue weighted by Gasteiger charge is 2.42. The SMILES string of the molecule is CC(C)(C)OC(=O)NCC1(CNc2ccc(Cl)nc2)CC1. The van der Waals surface area contributed by atoms with Gasteiger partial charge in [0, 0.05) is 18.5 Å². The number of rotatable bonds is 5. The molecule has 1 aromatic heterocycles. The summed E-state index contributed by atoms with van der Waals surface area (Å²) in [7, 11) is 0. The third kappa shape index (κ3) is 5.42. The Bertz CT molecular complexity index is 493. The first kappa shape index (κ1) is 15.9.